The van der Waals surface area contributed by atoms with Gasteiger partial charge in [0.25, 0.3) is 0 Å². The SMILES string of the molecule is CC(CCBr)NCC1CCC1. The molecule has 66 valence electrons. The Labute approximate surface area is 78.1 Å². The molecule has 0 aromatic rings. The van der Waals surface area contributed by atoms with E-state index in [0.717, 1.165) is 11.2 Å². The summed E-state index contributed by atoms with van der Waals surface area (Å²) in [6.07, 6.45) is 5.61. The third kappa shape index (κ3) is 3.57. The molecule has 1 N–H and O–H groups in total. The third-order valence-corrected chi connectivity index (χ3v) is 2.98. The van der Waals surface area contributed by atoms with Crippen LogP contribution in [0.3, 0.4) is 0 Å². The van der Waals surface area contributed by atoms with E-state index in [1.807, 2.05) is 0 Å². The van der Waals surface area contributed by atoms with Crippen molar-refractivity contribution < 1.29 is 0 Å². The molecule has 2 heteroatoms. The molecule has 1 saturated carbocycles. The molecule has 0 aromatic carbocycles. The Morgan fingerprint density at radius 2 is 2.27 bits per heavy atom. The van der Waals surface area contributed by atoms with Gasteiger partial charge < -0.3 is 5.32 Å². The van der Waals surface area contributed by atoms with Crippen molar-refractivity contribution in [3.8, 4) is 0 Å². The second kappa shape index (κ2) is 5.15. The highest BCUT2D eigenvalue weighted by molar-refractivity contribution is 9.09. The summed E-state index contributed by atoms with van der Waals surface area (Å²) in [6, 6.07) is 0.690. The minimum Gasteiger partial charge on any atom is -0.314 e. The van der Waals surface area contributed by atoms with Crippen molar-refractivity contribution in [2.24, 2.45) is 5.92 Å². The van der Waals surface area contributed by atoms with Crippen molar-refractivity contribution in [3.05, 3.63) is 0 Å². The third-order valence-electron chi connectivity index (χ3n) is 2.52. The van der Waals surface area contributed by atoms with Gasteiger partial charge in [-0.3, -0.25) is 0 Å². The Kier molecular flexibility index (Phi) is 4.46. The van der Waals surface area contributed by atoms with Crippen molar-refractivity contribution in [2.75, 3.05) is 11.9 Å². The molecule has 1 rings (SSSR count). The summed E-state index contributed by atoms with van der Waals surface area (Å²) in [4.78, 5) is 0. The van der Waals surface area contributed by atoms with Gasteiger partial charge in [0, 0.05) is 11.4 Å². The fourth-order valence-corrected chi connectivity index (χ4v) is 2.02. The lowest BCUT2D eigenvalue weighted by Crippen LogP contribution is -2.33. The van der Waals surface area contributed by atoms with Crippen LogP contribution in [-0.4, -0.2) is 17.9 Å². The first-order valence-electron chi connectivity index (χ1n) is 4.62. The lowest BCUT2D eigenvalue weighted by molar-refractivity contribution is 0.290. The second-order valence-corrected chi connectivity index (χ2v) is 4.38. The Hall–Kier alpha value is 0.440. The molecule has 0 amide bonds. The molecule has 11 heavy (non-hydrogen) atoms. The first-order valence-corrected chi connectivity index (χ1v) is 5.74. The topological polar surface area (TPSA) is 12.0 Å². The maximum Gasteiger partial charge on any atom is 0.00467 e. The van der Waals surface area contributed by atoms with Crippen molar-refractivity contribution in [1.82, 2.24) is 5.32 Å². The van der Waals surface area contributed by atoms with Crippen LogP contribution in [0.25, 0.3) is 0 Å². The van der Waals surface area contributed by atoms with E-state index in [2.05, 4.69) is 28.2 Å². The van der Waals surface area contributed by atoms with Gasteiger partial charge in [-0.15, -0.1) is 0 Å². The number of halogens is 1. The molecule has 1 aliphatic rings. The van der Waals surface area contributed by atoms with Gasteiger partial charge in [-0.2, -0.15) is 0 Å². The minimum absolute atomic E-state index is 0.690. The zero-order chi connectivity index (χ0) is 8.10. The van der Waals surface area contributed by atoms with E-state index in [4.69, 9.17) is 0 Å². The summed E-state index contributed by atoms with van der Waals surface area (Å²) in [7, 11) is 0. The first-order chi connectivity index (χ1) is 5.33. The fraction of sp³-hybridized carbons (Fsp3) is 1.00. The average molecular weight is 220 g/mol. The van der Waals surface area contributed by atoms with Crippen LogP contribution in [0.15, 0.2) is 0 Å². The number of hydrogen-bond donors (Lipinski definition) is 1. The van der Waals surface area contributed by atoms with Crippen LogP contribution < -0.4 is 5.32 Å². The van der Waals surface area contributed by atoms with E-state index >= 15 is 0 Å². The molecule has 0 aromatic heterocycles. The molecule has 1 fully saturated rings. The van der Waals surface area contributed by atoms with E-state index < -0.39 is 0 Å². The van der Waals surface area contributed by atoms with Crippen LogP contribution in [-0.2, 0) is 0 Å². The van der Waals surface area contributed by atoms with E-state index in [0.29, 0.717) is 6.04 Å². The molecule has 0 heterocycles. The van der Waals surface area contributed by atoms with Crippen LogP contribution >= 0.6 is 15.9 Å². The maximum absolute atomic E-state index is 3.56. The van der Waals surface area contributed by atoms with Gasteiger partial charge in [0.2, 0.25) is 0 Å². The summed E-state index contributed by atoms with van der Waals surface area (Å²) in [5.41, 5.74) is 0. The van der Waals surface area contributed by atoms with Crippen molar-refractivity contribution in [3.63, 3.8) is 0 Å². The highest BCUT2D eigenvalue weighted by atomic mass is 79.9. The molecule has 1 nitrogen and oxygen atoms in total. The van der Waals surface area contributed by atoms with Crippen LogP contribution in [0.2, 0.25) is 0 Å². The monoisotopic (exact) mass is 219 g/mol. The van der Waals surface area contributed by atoms with E-state index in [-0.39, 0.29) is 0 Å². The molecule has 0 radical (unpaired) electrons. The van der Waals surface area contributed by atoms with Crippen LogP contribution in [0, 0.1) is 5.92 Å². The Morgan fingerprint density at radius 1 is 1.55 bits per heavy atom. The largest absolute Gasteiger partial charge is 0.314 e. The summed E-state index contributed by atoms with van der Waals surface area (Å²) in [5, 5.41) is 4.67. The Bertz CT molecular complexity index is 102. The quantitative estimate of drug-likeness (QED) is 0.702. The lowest BCUT2D eigenvalue weighted by atomic mass is 9.85. The highest BCUT2D eigenvalue weighted by Gasteiger charge is 2.17. The molecule has 0 bridgehead atoms. The summed E-state index contributed by atoms with van der Waals surface area (Å²) >= 11 is 3.45. The Balaban J connectivity index is 1.92. The maximum atomic E-state index is 3.56. The molecule has 0 spiro atoms. The van der Waals surface area contributed by atoms with E-state index in [1.54, 1.807) is 0 Å². The standard InChI is InChI=1S/C9H18BrN/c1-8(5-6-10)11-7-9-3-2-4-9/h8-9,11H,2-7H2,1H3. The molecule has 1 unspecified atom stereocenters. The van der Waals surface area contributed by atoms with Crippen LogP contribution in [0.5, 0.6) is 0 Å². The van der Waals surface area contributed by atoms with Gasteiger partial charge in [0.1, 0.15) is 0 Å². The number of nitrogens with one attached hydrogen (secondary N) is 1. The number of alkyl halides is 1. The van der Waals surface area contributed by atoms with E-state index in [9.17, 15) is 0 Å². The lowest BCUT2D eigenvalue weighted by Gasteiger charge is -2.27. The van der Waals surface area contributed by atoms with Gasteiger partial charge >= 0.3 is 0 Å². The van der Waals surface area contributed by atoms with Gasteiger partial charge in [-0.25, -0.2) is 0 Å². The Morgan fingerprint density at radius 3 is 2.73 bits per heavy atom. The van der Waals surface area contributed by atoms with Crippen molar-refractivity contribution >= 4 is 15.9 Å². The molecule has 1 aliphatic carbocycles. The van der Waals surface area contributed by atoms with Crippen molar-refractivity contribution in [1.29, 1.82) is 0 Å². The normalized spacial score (nSPS) is 21.3. The van der Waals surface area contributed by atoms with Gasteiger partial charge in [0.05, 0.1) is 0 Å². The summed E-state index contributed by atoms with van der Waals surface area (Å²) in [5.74, 6) is 0.993. The first kappa shape index (κ1) is 9.53. The smallest absolute Gasteiger partial charge is 0.00467 e. The van der Waals surface area contributed by atoms with Gasteiger partial charge in [0.15, 0.2) is 0 Å². The zero-order valence-corrected chi connectivity index (χ0v) is 8.86. The molecule has 1 atom stereocenters. The number of hydrogen-bond acceptors (Lipinski definition) is 1. The summed E-state index contributed by atoms with van der Waals surface area (Å²) < 4.78 is 0. The predicted octanol–water partition coefficient (Wildman–Crippen LogP) is 2.55. The zero-order valence-electron chi connectivity index (χ0n) is 7.28. The minimum atomic E-state index is 0.690. The number of rotatable bonds is 5. The van der Waals surface area contributed by atoms with Crippen LogP contribution in [0.4, 0.5) is 0 Å². The molecule has 0 saturated heterocycles. The predicted molar refractivity (Wildman–Crippen MR) is 53.2 cm³/mol. The molecular formula is C9H18BrN. The van der Waals surface area contributed by atoms with Gasteiger partial charge in [-0.05, 0) is 38.6 Å². The second-order valence-electron chi connectivity index (χ2n) is 3.58. The van der Waals surface area contributed by atoms with E-state index in [1.165, 1.54) is 32.2 Å². The average Bonchev–Trinajstić information content (AvgIpc) is 1.85. The van der Waals surface area contributed by atoms with Gasteiger partial charge in [-0.1, -0.05) is 22.4 Å². The fourth-order valence-electron chi connectivity index (χ4n) is 1.33. The van der Waals surface area contributed by atoms with Crippen molar-refractivity contribution in [2.45, 2.75) is 38.6 Å². The summed E-state index contributed by atoms with van der Waals surface area (Å²) in [6.45, 7) is 3.51. The van der Waals surface area contributed by atoms with Crippen LogP contribution in [0.1, 0.15) is 32.6 Å². The molecular weight excluding hydrogens is 202 g/mol. The highest BCUT2D eigenvalue weighted by Crippen LogP contribution is 2.25. The molecule has 0 aliphatic heterocycles.